The molecular weight excluding hydrogens is 260 g/mol. The molecule has 1 aromatic heterocycles. The first-order valence-electron chi connectivity index (χ1n) is 6.10. The Bertz CT molecular complexity index is 581. The summed E-state index contributed by atoms with van der Waals surface area (Å²) in [6, 6.07) is 10.4. The molecule has 2 heterocycles. The maximum Gasteiger partial charge on any atom is 0.223 e. The first kappa shape index (κ1) is 12.2. The number of hydrogen-bond donors (Lipinski definition) is 1. The summed E-state index contributed by atoms with van der Waals surface area (Å²) in [5, 5.41) is 8.42. The molecule has 0 aliphatic carbocycles. The van der Waals surface area contributed by atoms with Crippen molar-refractivity contribution < 1.29 is 4.52 Å². The van der Waals surface area contributed by atoms with E-state index >= 15 is 0 Å². The first-order valence-corrected chi connectivity index (χ1v) is 6.98. The van der Waals surface area contributed by atoms with Gasteiger partial charge in [-0.2, -0.15) is 4.98 Å². The van der Waals surface area contributed by atoms with E-state index < -0.39 is 0 Å². The van der Waals surface area contributed by atoms with Gasteiger partial charge in [-0.15, -0.1) is 0 Å². The third-order valence-electron chi connectivity index (χ3n) is 2.79. The molecule has 0 saturated heterocycles. The van der Waals surface area contributed by atoms with Gasteiger partial charge in [0.15, 0.2) is 11.0 Å². The number of rotatable bonds is 3. The highest BCUT2D eigenvalue weighted by atomic mass is 32.2. The molecule has 5 nitrogen and oxygen atoms in total. The van der Waals surface area contributed by atoms with Crippen LogP contribution >= 0.6 is 11.8 Å². The highest BCUT2D eigenvalue weighted by Crippen LogP contribution is 2.34. The summed E-state index contributed by atoms with van der Waals surface area (Å²) >= 11 is 1.74. The molecule has 1 atom stereocenters. The minimum atomic E-state index is 0.399. The predicted octanol–water partition coefficient (Wildman–Crippen LogP) is 2.31. The van der Waals surface area contributed by atoms with Crippen molar-refractivity contribution in [1.29, 1.82) is 0 Å². The maximum absolute atomic E-state index is 4.92. The van der Waals surface area contributed by atoms with Crippen LogP contribution in [-0.2, 0) is 6.54 Å². The Morgan fingerprint density at radius 3 is 2.95 bits per heavy atom. The van der Waals surface area contributed by atoms with E-state index in [9.17, 15) is 0 Å². The number of thioether (sulfide) groups is 1. The number of hydrogen-bond acceptors (Lipinski definition) is 6. The van der Waals surface area contributed by atoms with Gasteiger partial charge in [-0.25, -0.2) is 0 Å². The van der Waals surface area contributed by atoms with Gasteiger partial charge in [0, 0.05) is 6.92 Å². The highest BCUT2D eigenvalue weighted by Gasteiger charge is 2.21. The topological polar surface area (TPSA) is 63.3 Å². The number of amidine groups is 1. The summed E-state index contributed by atoms with van der Waals surface area (Å²) in [7, 11) is 0. The van der Waals surface area contributed by atoms with Crippen LogP contribution in [0.4, 0.5) is 0 Å². The molecule has 1 aliphatic heterocycles. The molecule has 0 bridgehead atoms. The molecule has 3 rings (SSSR count). The van der Waals surface area contributed by atoms with Crippen LogP contribution in [0.2, 0.25) is 0 Å². The monoisotopic (exact) mass is 274 g/mol. The predicted molar refractivity (Wildman–Crippen MR) is 75.0 cm³/mol. The van der Waals surface area contributed by atoms with E-state index in [2.05, 4.69) is 44.7 Å². The SMILES string of the molecule is Cc1nc(CNC2=NCC(c3ccccc3)S2)no1. The summed E-state index contributed by atoms with van der Waals surface area (Å²) in [6.07, 6.45) is 0. The van der Waals surface area contributed by atoms with Gasteiger partial charge in [-0.3, -0.25) is 4.99 Å². The smallest absolute Gasteiger partial charge is 0.223 e. The minimum absolute atomic E-state index is 0.399. The van der Waals surface area contributed by atoms with E-state index in [4.69, 9.17) is 4.52 Å². The van der Waals surface area contributed by atoms with E-state index in [0.29, 0.717) is 23.5 Å². The molecule has 19 heavy (non-hydrogen) atoms. The third-order valence-corrected chi connectivity index (χ3v) is 4.00. The van der Waals surface area contributed by atoms with Gasteiger partial charge in [0.2, 0.25) is 5.89 Å². The molecule has 1 aliphatic rings. The van der Waals surface area contributed by atoms with Gasteiger partial charge in [0.25, 0.3) is 0 Å². The molecular formula is C13H14N4OS. The van der Waals surface area contributed by atoms with Gasteiger partial charge < -0.3 is 9.84 Å². The Hall–Kier alpha value is -1.82. The summed E-state index contributed by atoms with van der Waals surface area (Å²) in [4.78, 5) is 8.64. The zero-order chi connectivity index (χ0) is 13.1. The molecule has 0 saturated carbocycles. The Morgan fingerprint density at radius 1 is 1.37 bits per heavy atom. The fourth-order valence-electron chi connectivity index (χ4n) is 1.88. The Labute approximate surface area is 115 Å². The molecule has 6 heteroatoms. The van der Waals surface area contributed by atoms with Crippen molar-refractivity contribution in [3.63, 3.8) is 0 Å². The summed E-state index contributed by atoms with van der Waals surface area (Å²) in [5.74, 6) is 1.24. The van der Waals surface area contributed by atoms with E-state index in [0.717, 1.165) is 11.7 Å². The number of aryl methyl sites for hydroxylation is 1. The molecule has 0 fully saturated rings. The summed E-state index contributed by atoms with van der Waals surface area (Å²) in [6.45, 7) is 3.14. The molecule has 1 aromatic carbocycles. The van der Waals surface area contributed by atoms with E-state index in [1.54, 1.807) is 18.7 Å². The van der Waals surface area contributed by atoms with Gasteiger partial charge in [0.1, 0.15) is 0 Å². The number of aromatic nitrogens is 2. The van der Waals surface area contributed by atoms with Crippen LogP contribution in [0.5, 0.6) is 0 Å². The zero-order valence-electron chi connectivity index (χ0n) is 10.5. The van der Waals surface area contributed by atoms with Crippen molar-refractivity contribution in [3.05, 3.63) is 47.6 Å². The first-order chi connectivity index (χ1) is 9.31. The lowest BCUT2D eigenvalue weighted by Crippen LogP contribution is -2.19. The lowest BCUT2D eigenvalue weighted by atomic mass is 10.1. The number of nitrogens with zero attached hydrogens (tertiary/aromatic N) is 3. The normalized spacial score (nSPS) is 18.4. The number of nitrogens with one attached hydrogen (secondary N) is 1. The third kappa shape index (κ3) is 2.96. The van der Waals surface area contributed by atoms with Crippen LogP contribution in [0.25, 0.3) is 0 Å². The lowest BCUT2D eigenvalue weighted by Gasteiger charge is -2.08. The van der Waals surface area contributed by atoms with Crippen LogP contribution in [0, 0.1) is 6.92 Å². The van der Waals surface area contributed by atoms with E-state index in [1.807, 2.05) is 6.07 Å². The van der Waals surface area contributed by atoms with Crippen molar-refractivity contribution in [2.24, 2.45) is 4.99 Å². The van der Waals surface area contributed by atoms with Crippen LogP contribution < -0.4 is 5.32 Å². The van der Waals surface area contributed by atoms with Gasteiger partial charge >= 0.3 is 0 Å². The van der Waals surface area contributed by atoms with E-state index in [-0.39, 0.29) is 0 Å². The summed E-state index contributed by atoms with van der Waals surface area (Å²) < 4.78 is 4.92. The molecule has 0 radical (unpaired) electrons. The second-order valence-electron chi connectivity index (χ2n) is 4.25. The zero-order valence-corrected chi connectivity index (χ0v) is 11.4. The Kier molecular flexibility index (Phi) is 3.50. The second kappa shape index (κ2) is 5.44. The lowest BCUT2D eigenvalue weighted by molar-refractivity contribution is 0.387. The Morgan fingerprint density at radius 2 is 2.21 bits per heavy atom. The van der Waals surface area contributed by atoms with Crippen LogP contribution in [0.3, 0.4) is 0 Å². The number of aliphatic imine (C=N–C) groups is 1. The fourth-order valence-corrected chi connectivity index (χ4v) is 2.90. The van der Waals surface area contributed by atoms with Crippen LogP contribution in [-0.4, -0.2) is 21.9 Å². The van der Waals surface area contributed by atoms with Crippen LogP contribution in [0.15, 0.2) is 39.8 Å². The molecule has 2 aromatic rings. The van der Waals surface area contributed by atoms with Crippen molar-refractivity contribution in [1.82, 2.24) is 15.5 Å². The molecule has 1 N–H and O–H groups in total. The van der Waals surface area contributed by atoms with Crippen LogP contribution in [0.1, 0.15) is 22.5 Å². The molecule has 1 unspecified atom stereocenters. The number of benzene rings is 1. The quantitative estimate of drug-likeness (QED) is 0.930. The largest absolute Gasteiger partial charge is 0.357 e. The highest BCUT2D eigenvalue weighted by molar-refractivity contribution is 8.14. The van der Waals surface area contributed by atoms with Gasteiger partial charge in [0.05, 0.1) is 18.3 Å². The molecule has 0 spiro atoms. The van der Waals surface area contributed by atoms with Gasteiger partial charge in [-0.1, -0.05) is 47.3 Å². The summed E-state index contributed by atoms with van der Waals surface area (Å²) in [5.41, 5.74) is 1.31. The van der Waals surface area contributed by atoms with Crippen molar-refractivity contribution >= 4 is 16.9 Å². The average Bonchev–Trinajstić information content (AvgIpc) is 3.06. The molecule has 0 amide bonds. The molecule has 98 valence electrons. The van der Waals surface area contributed by atoms with Crippen molar-refractivity contribution in [3.8, 4) is 0 Å². The fraction of sp³-hybridized carbons (Fsp3) is 0.308. The van der Waals surface area contributed by atoms with Gasteiger partial charge in [-0.05, 0) is 5.56 Å². The second-order valence-corrected chi connectivity index (χ2v) is 5.44. The Balaban J connectivity index is 1.54. The maximum atomic E-state index is 4.92. The van der Waals surface area contributed by atoms with Crippen molar-refractivity contribution in [2.45, 2.75) is 18.7 Å². The minimum Gasteiger partial charge on any atom is -0.357 e. The van der Waals surface area contributed by atoms with E-state index in [1.165, 1.54) is 5.56 Å². The van der Waals surface area contributed by atoms with Crippen molar-refractivity contribution in [2.75, 3.05) is 6.54 Å². The average molecular weight is 274 g/mol. The standard InChI is InChI=1S/C13H14N4OS/c1-9-16-12(17-18-9)8-15-13-14-7-11(19-13)10-5-3-2-4-6-10/h2-6,11H,7-8H2,1H3,(H,14,15).